The Morgan fingerprint density at radius 3 is 2.42 bits per heavy atom. The maximum absolute atomic E-state index is 13.1. The van der Waals surface area contributed by atoms with Crippen LogP contribution in [0.25, 0.3) is 6.08 Å². The number of benzene rings is 3. The molecule has 3 aromatic carbocycles. The Labute approximate surface area is 242 Å². The number of carbonyl (C=O) groups is 3. The quantitative estimate of drug-likeness (QED) is 0.210. The third kappa shape index (κ3) is 6.58. The average Bonchev–Trinajstić information content (AvgIpc) is 3.08. The van der Waals surface area contributed by atoms with E-state index in [1.54, 1.807) is 42.5 Å². The molecule has 3 aromatic rings. The molecule has 0 aliphatic carbocycles. The number of para-hydroxylation sites is 1. The van der Waals surface area contributed by atoms with Crippen LogP contribution in [0.2, 0.25) is 5.02 Å². The number of nitrogens with zero attached hydrogens (tertiary/aromatic N) is 1. The fraction of sp³-hybridized carbons (Fsp3) is 0.0800. The molecular weight excluding hydrogens is 733 g/mol. The van der Waals surface area contributed by atoms with E-state index >= 15 is 0 Å². The van der Waals surface area contributed by atoms with Crippen LogP contribution >= 0.6 is 68.5 Å². The number of halogens is 4. The minimum atomic E-state index is -0.541. The summed E-state index contributed by atoms with van der Waals surface area (Å²) in [5, 5.41) is 2.44. The number of rotatable bonds is 7. The Bertz CT molecular complexity index is 1360. The Kier molecular flexibility index (Phi) is 8.91. The summed E-state index contributed by atoms with van der Waals surface area (Å²) in [6.07, 6.45) is 1.62. The van der Waals surface area contributed by atoms with Crippen LogP contribution in [0.3, 0.4) is 0 Å². The van der Waals surface area contributed by atoms with Gasteiger partial charge in [0.15, 0.2) is 0 Å². The minimum absolute atomic E-state index is 0.220. The molecule has 0 atom stereocenters. The lowest BCUT2D eigenvalue weighted by molar-refractivity contribution is -0.127. The summed E-state index contributed by atoms with van der Waals surface area (Å²) in [6.45, 7) is -0.140. The fourth-order valence-electron chi connectivity index (χ4n) is 3.22. The standard InChI is InChI=1S/C25H16ClFI2N2O4S/c26-17-3-1-2-4-20(17)30-22(32)12-31-24(33)21(36-25(31)34)11-15-9-18(28)23(19(29)10-15)35-13-14-5-7-16(27)8-6-14/h1-11H,12-13H2,(H,30,32)/b21-11+. The van der Waals surface area contributed by atoms with Crippen LogP contribution in [0, 0.1) is 13.0 Å². The van der Waals surface area contributed by atoms with E-state index < -0.39 is 23.6 Å². The maximum Gasteiger partial charge on any atom is 0.294 e. The Balaban J connectivity index is 1.44. The van der Waals surface area contributed by atoms with Gasteiger partial charge in [-0.15, -0.1) is 0 Å². The predicted molar refractivity (Wildman–Crippen MR) is 155 cm³/mol. The van der Waals surface area contributed by atoms with Gasteiger partial charge in [0.1, 0.15) is 24.7 Å². The number of hydrogen-bond acceptors (Lipinski definition) is 5. The van der Waals surface area contributed by atoms with Crippen molar-refractivity contribution in [3.63, 3.8) is 0 Å². The Morgan fingerprint density at radius 2 is 1.75 bits per heavy atom. The van der Waals surface area contributed by atoms with Crippen molar-refractivity contribution >= 4 is 97.4 Å². The first-order valence-electron chi connectivity index (χ1n) is 10.4. The van der Waals surface area contributed by atoms with Crippen molar-refractivity contribution in [2.75, 3.05) is 11.9 Å². The van der Waals surface area contributed by atoms with E-state index in [0.29, 0.717) is 22.0 Å². The first kappa shape index (κ1) is 26.9. The first-order valence-corrected chi connectivity index (χ1v) is 13.7. The molecule has 0 spiro atoms. The normalized spacial score (nSPS) is 14.4. The van der Waals surface area contributed by atoms with Crippen LogP contribution in [-0.4, -0.2) is 28.5 Å². The number of imide groups is 1. The van der Waals surface area contributed by atoms with Crippen molar-refractivity contribution in [2.24, 2.45) is 0 Å². The highest BCUT2D eigenvalue weighted by Crippen LogP contribution is 2.35. The molecule has 0 radical (unpaired) electrons. The molecule has 0 unspecified atom stereocenters. The van der Waals surface area contributed by atoms with Crippen LogP contribution in [0.1, 0.15) is 11.1 Å². The van der Waals surface area contributed by atoms with Crippen molar-refractivity contribution in [3.05, 3.63) is 94.7 Å². The number of anilines is 1. The molecule has 0 bridgehead atoms. The predicted octanol–water partition coefficient (Wildman–Crippen LogP) is 6.94. The van der Waals surface area contributed by atoms with E-state index in [1.807, 2.05) is 12.1 Å². The second-order valence-electron chi connectivity index (χ2n) is 7.52. The first-order chi connectivity index (χ1) is 17.2. The largest absolute Gasteiger partial charge is 0.487 e. The van der Waals surface area contributed by atoms with Gasteiger partial charge in [-0.05, 0) is 111 Å². The van der Waals surface area contributed by atoms with E-state index in [0.717, 1.165) is 29.4 Å². The molecule has 1 heterocycles. The van der Waals surface area contributed by atoms with Gasteiger partial charge in [0.25, 0.3) is 11.1 Å². The molecule has 1 N–H and O–H groups in total. The second kappa shape index (κ2) is 11.9. The third-order valence-corrected chi connectivity index (χ3v) is 7.78. The summed E-state index contributed by atoms with van der Waals surface area (Å²) < 4.78 is 20.7. The highest BCUT2D eigenvalue weighted by molar-refractivity contribution is 14.1. The number of nitrogens with one attached hydrogen (secondary N) is 1. The van der Waals surface area contributed by atoms with E-state index in [9.17, 15) is 18.8 Å². The fourth-order valence-corrected chi connectivity index (χ4v) is 6.37. The molecule has 1 aliphatic heterocycles. The SMILES string of the molecule is O=C(CN1C(=O)S/C(=C/c2cc(I)c(OCc3ccc(F)cc3)c(I)c2)C1=O)Nc1ccccc1Cl. The molecule has 4 rings (SSSR count). The number of ether oxygens (including phenoxy) is 1. The maximum atomic E-state index is 13.1. The zero-order chi connectivity index (χ0) is 25.8. The zero-order valence-electron chi connectivity index (χ0n) is 18.3. The third-order valence-electron chi connectivity index (χ3n) is 4.94. The van der Waals surface area contributed by atoms with Crippen LogP contribution in [-0.2, 0) is 16.2 Å². The van der Waals surface area contributed by atoms with Crippen LogP contribution in [0.5, 0.6) is 5.75 Å². The number of thioether (sulfide) groups is 1. The van der Waals surface area contributed by atoms with E-state index in [-0.39, 0.29) is 17.3 Å². The van der Waals surface area contributed by atoms with Crippen LogP contribution < -0.4 is 10.1 Å². The van der Waals surface area contributed by atoms with Gasteiger partial charge in [-0.2, -0.15) is 0 Å². The molecule has 3 amide bonds. The van der Waals surface area contributed by atoms with Gasteiger partial charge in [-0.25, -0.2) is 4.39 Å². The summed E-state index contributed by atoms with van der Waals surface area (Å²) in [6, 6.07) is 16.4. The van der Waals surface area contributed by atoms with Gasteiger partial charge >= 0.3 is 0 Å². The molecule has 0 saturated carbocycles. The highest BCUT2D eigenvalue weighted by Gasteiger charge is 2.36. The number of amides is 3. The lowest BCUT2D eigenvalue weighted by atomic mass is 10.2. The lowest BCUT2D eigenvalue weighted by Gasteiger charge is -2.13. The van der Waals surface area contributed by atoms with Gasteiger partial charge in [-0.1, -0.05) is 35.9 Å². The molecule has 0 aromatic heterocycles. The Hall–Kier alpha value is -2.16. The monoisotopic (exact) mass is 748 g/mol. The summed E-state index contributed by atoms with van der Waals surface area (Å²) in [5.74, 6) is -0.709. The van der Waals surface area contributed by atoms with Crippen LogP contribution in [0.15, 0.2) is 65.6 Å². The van der Waals surface area contributed by atoms with Gasteiger partial charge in [0, 0.05) is 0 Å². The lowest BCUT2D eigenvalue weighted by Crippen LogP contribution is -2.36. The second-order valence-corrected chi connectivity index (χ2v) is 11.2. The molecule has 11 heteroatoms. The van der Waals surface area contributed by atoms with E-state index in [1.165, 1.54) is 12.1 Å². The van der Waals surface area contributed by atoms with Gasteiger partial charge in [-0.3, -0.25) is 19.3 Å². The molecule has 1 aliphatic rings. The van der Waals surface area contributed by atoms with E-state index in [4.69, 9.17) is 16.3 Å². The summed E-state index contributed by atoms with van der Waals surface area (Å²) in [7, 11) is 0. The summed E-state index contributed by atoms with van der Waals surface area (Å²) in [4.78, 5) is 38.8. The van der Waals surface area contributed by atoms with Crippen molar-refractivity contribution in [1.29, 1.82) is 0 Å². The van der Waals surface area contributed by atoms with Crippen molar-refractivity contribution < 1.29 is 23.5 Å². The molecule has 6 nitrogen and oxygen atoms in total. The molecule has 36 heavy (non-hydrogen) atoms. The van der Waals surface area contributed by atoms with E-state index in [2.05, 4.69) is 50.5 Å². The van der Waals surface area contributed by atoms with Crippen LogP contribution in [0.4, 0.5) is 14.9 Å². The van der Waals surface area contributed by atoms with Crippen molar-refractivity contribution in [3.8, 4) is 5.75 Å². The number of hydrogen-bond donors (Lipinski definition) is 1. The van der Waals surface area contributed by atoms with Crippen molar-refractivity contribution in [1.82, 2.24) is 4.90 Å². The van der Waals surface area contributed by atoms with Gasteiger partial charge < -0.3 is 10.1 Å². The molecule has 1 saturated heterocycles. The van der Waals surface area contributed by atoms with Gasteiger partial charge in [0.05, 0.1) is 22.8 Å². The smallest absolute Gasteiger partial charge is 0.294 e. The molecular formula is C25H16ClFI2N2O4S. The van der Waals surface area contributed by atoms with Gasteiger partial charge in [0.2, 0.25) is 5.91 Å². The Morgan fingerprint density at radius 1 is 1.08 bits per heavy atom. The number of carbonyl (C=O) groups excluding carboxylic acids is 3. The average molecular weight is 749 g/mol. The van der Waals surface area contributed by atoms with Crippen molar-refractivity contribution in [2.45, 2.75) is 6.61 Å². The topological polar surface area (TPSA) is 75.7 Å². The summed E-state index contributed by atoms with van der Waals surface area (Å²) in [5.41, 5.74) is 1.95. The molecule has 1 fully saturated rings. The summed E-state index contributed by atoms with van der Waals surface area (Å²) >= 11 is 11.1. The minimum Gasteiger partial charge on any atom is -0.487 e. The molecule has 184 valence electrons. The highest BCUT2D eigenvalue weighted by atomic mass is 127. The zero-order valence-corrected chi connectivity index (χ0v) is 24.2.